The van der Waals surface area contributed by atoms with Crippen molar-refractivity contribution >= 4 is 5.91 Å². The number of carbonyl (C=O) groups is 1. The third-order valence-electron chi connectivity index (χ3n) is 5.11. The van der Waals surface area contributed by atoms with E-state index in [0.717, 1.165) is 25.0 Å². The molecule has 0 bridgehead atoms. The minimum Gasteiger partial charge on any atom is -0.406 e. The number of likely N-dealkylation sites (tertiary alicyclic amines) is 1. The highest BCUT2D eigenvalue weighted by Crippen LogP contribution is 2.27. The SMILES string of the molecule is CCCc1noc(-c2cn(C3CCN(C(=O)c4cccc(OC(F)(F)F)c4)CC3)nn2)n1. The van der Waals surface area contributed by atoms with Crippen LogP contribution < -0.4 is 4.74 Å². The molecule has 0 radical (unpaired) electrons. The predicted octanol–water partition coefficient (Wildman–Crippen LogP) is 3.66. The van der Waals surface area contributed by atoms with Crippen molar-refractivity contribution in [3.63, 3.8) is 0 Å². The number of alkyl halides is 3. The second-order valence-corrected chi connectivity index (χ2v) is 7.45. The molecule has 3 heterocycles. The number of piperidine rings is 1. The van der Waals surface area contributed by atoms with Crippen molar-refractivity contribution in [2.75, 3.05) is 13.1 Å². The molecule has 1 fully saturated rings. The van der Waals surface area contributed by atoms with Crippen LogP contribution in [0.1, 0.15) is 48.4 Å². The molecule has 0 N–H and O–H groups in total. The minimum atomic E-state index is -4.81. The molecule has 1 amide bonds. The van der Waals surface area contributed by atoms with Crippen LogP contribution in [0.15, 0.2) is 35.0 Å². The first kappa shape index (κ1) is 21.8. The van der Waals surface area contributed by atoms with Crippen molar-refractivity contribution in [3.8, 4) is 17.3 Å². The summed E-state index contributed by atoms with van der Waals surface area (Å²) in [7, 11) is 0. The number of aryl methyl sites for hydroxylation is 1. The maximum absolute atomic E-state index is 12.7. The van der Waals surface area contributed by atoms with Gasteiger partial charge in [0.25, 0.3) is 11.8 Å². The average Bonchev–Trinajstić information content (AvgIpc) is 3.42. The maximum atomic E-state index is 12.7. The van der Waals surface area contributed by atoms with Gasteiger partial charge >= 0.3 is 6.36 Å². The lowest BCUT2D eigenvalue weighted by atomic mass is 10.0. The lowest BCUT2D eigenvalue weighted by molar-refractivity contribution is -0.274. The average molecular weight is 450 g/mol. The van der Waals surface area contributed by atoms with Gasteiger partial charge in [0.05, 0.1) is 12.2 Å². The molecule has 1 aliphatic rings. The van der Waals surface area contributed by atoms with E-state index < -0.39 is 12.1 Å². The highest BCUT2D eigenvalue weighted by molar-refractivity contribution is 5.94. The molecule has 1 aromatic carbocycles. The van der Waals surface area contributed by atoms with E-state index >= 15 is 0 Å². The number of nitrogens with zero attached hydrogens (tertiary/aromatic N) is 6. The smallest absolute Gasteiger partial charge is 0.406 e. The molecule has 0 aliphatic carbocycles. The van der Waals surface area contributed by atoms with Gasteiger partial charge in [-0.2, -0.15) is 4.98 Å². The molecule has 0 atom stereocenters. The zero-order valence-corrected chi connectivity index (χ0v) is 17.2. The van der Waals surface area contributed by atoms with Crippen molar-refractivity contribution in [1.29, 1.82) is 0 Å². The lowest BCUT2D eigenvalue weighted by Crippen LogP contribution is -2.39. The van der Waals surface area contributed by atoms with Gasteiger partial charge in [0, 0.05) is 25.1 Å². The first-order valence-corrected chi connectivity index (χ1v) is 10.2. The van der Waals surface area contributed by atoms with E-state index in [2.05, 4.69) is 25.2 Å². The van der Waals surface area contributed by atoms with Crippen molar-refractivity contribution in [2.24, 2.45) is 0 Å². The van der Waals surface area contributed by atoms with E-state index in [1.54, 1.807) is 15.8 Å². The van der Waals surface area contributed by atoms with E-state index in [4.69, 9.17) is 4.52 Å². The molecule has 32 heavy (non-hydrogen) atoms. The largest absolute Gasteiger partial charge is 0.573 e. The number of carbonyl (C=O) groups excluding carboxylic acids is 1. The van der Waals surface area contributed by atoms with Gasteiger partial charge in [0.15, 0.2) is 11.5 Å². The fourth-order valence-corrected chi connectivity index (χ4v) is 3.58. The third-order valence-corrected chi connectivity index (χ3v) is 5.11. The molecule has 12 heteroatoms. The summed E-state index contributed by atoms with van der Waals surface area (Å²) in [5.74, 6) is 0.169. The van der Waals surface area contributed by atoms with Crippen LogP contribution in [0.4, 0.5) is 13.2 Å². The van der Waals surface area contributed by atoms with E-state index in [-0.39, 0.29) is 17.5 Å². The standard InChI is InChI=1S/C20H21F3N6O3/c1-2-4-17-24-18(32-26-17)16-12-29(27-25-16)14-7-9-28(10-8-14)19(30)13-5-3-6-15(11-13)31-20(21,22)23/h3,5-6,11-12,14H,2,4,7-10H2,1H3. The van der Waals surface area contributed by atoms with E-state index in [0.29, 0.717) is 43.3 Å². The van der Waals surface area contributed by atoms with Gasteiger partial charge in [-0.05, 0) is 37.5 Å². The number of halogens is 3. The molecule has 170 valence electrons. The topological polar surface area (TPSA) is 99.2 Å². The highest BCUT2D eigenvalue weighted by Gasteiger charge is 2.32. The van der Waals surface area contributed by atoms with Gasteiger partial charge in [-0.3, -0.25) is 4.79 Å². The fraction of sp³-hybridized carbons (Fsp3) is 0.450. The van der Waals surface area contributed by atoms with E-state index in [9.17, 15) is 18.0 Å². The summed E-state index contributed by atoms with van der Waals surface area (Å²) in [6, 6.07) is 5.12. The molecule has 1 aliphatic heterocycles. The van der Waals surface area contributed by atoms with E-state index in [1.807, 2.05) is 6.92 Å². The molecular weight excluding hydrogens is 429 g/mol. The Morgan fingerprint density at radius 2 is 2.06 bits per heavy atom. The molecule has 0 unspecified atom stereocenters. The summed E-state index contributed by atoms with van der Waals surface area (Å²) < 4.78 is 48.2. The van der Waals surface area contributed by atoms with Crippen molar-refractivity contribution in [2.45, 2.75) is 45.0 Å². The summed E-state index contributed by atoms with van der Waals surface area (Å²) in [6.45, 7) is 2.89. The minimum absolute atomic E-state index is 0.0261. The molecule has 1 saturated heterocycles. The quantitative estimate of drug-likeness (QED) is 0.565. The van der Waals surface area contributed by atoms with Crippen molar-refractivity contribution in [3.05, 3.63) is 41.9 Å². The Kier molecular flexibility index (Phi) is 6.10. The summed E-state index contributed by atoms with van der Waals surface area (Å²) in [5.41, 5.74) is 0.632. The zero-order chi connectivity index (χ0) is 22.7. The van der Waals surface area contributed by atoms with Crippen LogP contribution in [-0.4, -0.2) is 55.4 Å². The van der Waals surface area contributed by atoms with Gasteiger partial charge in [0.2, 0.25) is 0 Å². The first-order valence-electron chi connectivity index (χ1n) is 10.2. The number of rotatable bonds is 6. The normalized spacial score (nSPS) is 15.2. The molecular formula is C20H21F3N6O3. The van der Waals surface area contributed by atoms with Crippen LogP contribution >= 0.6 is 0 Å². The van der Waals surface area contributed by atoms with E-state index in [1.165, 1.54) is 12.1 Å². The predicted molar refractivity (Wildman–Crippen MR) is 105 cm³/mol. The second kappa shape index (κ2) is 8.97. The highest BCUT2D eigenvalue weighted by atomic mass is 19.4. The molecule has 3 aromatic rings. The van der Waals surface area contributed by atoms with Crippen LogP contribution in [-0.2, 0) is 6.42 Å². The molecule has 0 saturated carbocycles. The van der Waals surface area contributed by atoms with Crippen LogP contribution in [0.5, 0.6) is 5.75 Å². The Labute approximate surface area is 181 Å². The number of ether oxygens (including phenoxy) is 1. The third kappa shape index (κ3) is 5.06. The molecule has 2 aromatic heterocycles. The lowest BCUT2D eigenvalue weighted by Gasteiger charge is -2.32. The van der Waals surface area contributed by atoms with Crippen molar-refractivity contribution in [1.82, 2.24) is 30.0 Å². The Morgan fingerprint density at radius 1 is 1.28 bits per heavy atom. The van der Waals surface area contributed by atoms with Crippen LogP contribution in [0.3, 0.4) is 0 Å². The Balaban J connectivity index is 1.37. The zero-order valence-electron chi connectivity index (χ0n) is 17.2. The monoisotopic (exact) mass is 450 g/mol. The van der Waals surface area contributed by atoms with Crippen LogP contribution in [0, 0.1) is 0 Å². The van der Waals surface area contributed by atoms with Crippen molar-refractivity contribution < 1.29 is 27.2 Å². The Morgan fingerprint density at radius 3 is 2.78 bits per heavy atom. The molecule has 9 nitrogen and oxygen atoms in total. The summed E-state index contributed by atoms with van der Waals surface area (Å²) in [5, 5.41) is 12.2. The number of benzene rings is 1. The maximum Gasteiger partial charge on any atom is 0.573 e. The number of amides is 1. The second-order valence-electron chi connectivity index (χ2n) is 7.45. The van der Waals surface area contributed by atoms with Crippen LogP contribution in [0.2, 0.25) is 0 Å². The number of aromatic nitrogens is 5. The Hall–Kier alpha value is -3.44. The Bertz CT molecular complexity index is 1070. The van der Waals surface area contributed by atoms with Gasteiger partial charge < -0.3 is 14.2 Å². The van der Waals surface area contributed by atoms with Gasteiger partial charge in [-0.25, -0.2) is 4.68 Å². The van der Waals surface area contributed by atoms with Crippen LogP contribution in [0.25, 0.3) is 11.6 Å². The van der Waals surface area contributed by atoms with Gasteiger partial charge in [-0.15, -0.1) is 18.3 Å². The van der Waals surface area contributed by atoms with Gasteiger partial charge in [0.1, 0.15) is 5.75 Å². The number of hydrogen-bond donors (Lipinski definition) is 0. The molecule has 0 spiro atoms. The summed E-state index contributed by atoms with van der Waals surface area (Å²) in [6.07, 6.45) is -0.201. The summed E-state index contributed by atoms with van der Waals surface area (Å²) >= 11 is 0. The molecule has 4 rings (SSSR count). The fourth-order valence-electron chi connectivity index (χ4n) is 3.58. The summed E-state index contributed by atoms with van der Waals surface area (Å²) in [4.78, 5) is 18.6. The first-order chi connectivity index (χ1) is 15.3. The number of hydrogen-bond acceptors (Lipinski definition) is 7. The van der Waals surface area contributed by atoms with Gasteiger partial charge in [-0.1, -0.05) is 23.4 Å².